The zero-order valence-electron chi connectivity index (χ0n) is 16.6. The number of fused-ring (bicyclic) bond motifs is 5. The Morgan fingerprint density at radius 1 is 0.613 bits per heavy atom. The van der Waals surface area contributed by atoms with Gasteiger partial charge in [-0.1, -0.05) is 72.3 Å². The summed E-state index contributed by atoms with van der Waals surface area (Å²) in [6.45, 7) is 0. The van der Waals surface area contributed by atoms with Gasteiger partial charge in [0.1, 0.15) is 11.2 Å². The molecule has 0 amide bonds. The van der Waals surface area contributed by atoms with Crippen LogP contribution >= 0.6 is 11.6 Å². The number of hydrogen-bond acceptors (Lipinski definition) is 2. The Balaban J connectivity index is 1.70. The Kier molecular flexibility index (Phi) is 4.19. The minimum Gasteiger partial charge on any atom is -0.455 e. The molecule has 1 aromatic heterocycles. The molecule has 0 atom stereocenters. The van der Waals surface area contributed by atoms with Crippen molar-refractivity contribution >= 4 is 61.4 Å². The molecular weight excluding hydrogens is 402 g/mol. The molecule has 31 heavy (non-hydrogen) atoms. The molecule has 2 nitrogen and oxygen atoms in total. The van der Waals surface area contributed by atoms with Crippen LogP contribution in [-0.2, 0) is 0 Å². The van der Waals surface area contributed by atoms with Gasteiger partial charge in [-0.2, -0.15) is 0 Å². The smallest absolute Gasteiger partial charge is 0.143 e. The molecule has 0 saturated carbocycles. The van der Waals surface area contributed by atoms with Crippen LogP contribution in [0, 0.1) is 0 Å². The van der Waals surface area contributed by atoms with E-state index in [1.165, 1.54) is 5.39 Å². The van der Waals surface area contributed by atoms with Crippen molar-refractivity contribution in [2.45, 2.75) is 0 Å². The van der Waals surface area contributed by atoms with Crippen LogP contribution in [0.5, 0.6) is 0 Å². The Hall–Kier alpha value is -3.75. The molecule has 0 fully saturated rings. The van der Waals surface area contributed by atoms with Gasteiger partial charge in [-0.3, -0.25) is 0 Å². The topological polar surface area (TPSA) is 16.4 Å². The number of anilines is 3. The van der Waals surface area contributed by atoms with Gasteiger partial charge in [0.25, 0.3) is 0 Å². The number of nitrogens with zero attached hydrogens (tertiary/aromatic N) is 1. The summed E-state index contributed by atoms with van der Waals surface area (Å²) in [4.78, 5) is 2.23. The lowest BCUT2D eigenvalue weighted by Gasteiger charge is -2.26. The van der Waals surface area contributed by atoms with Gasteiger partial charge < -0.3 is 9.32 Å². The monoisotopic (exact) mass is 419 g/mol. The van der Waals surface area contributed by atoms with Gasteiger partial charge >= 0.3 is 0 Å². The first kappa shape index (κ1) is 18.1. The number of benzene rings is 5. The fourth-order valence-electron chi connectivity index (χ4n) is 4.34. The van der Waals surface area contributed by atoms with Crippen LogP contribution in [0.1, 0.15) is 0 Å². The van der Waals surface area contributed by atoms with Crippen LogP contribution in [0.2, 0.25) is 5.02 Å². The third-order valence-electron chi connectivity index (χ3n) is 5.69. The highest BCUT2D eigenvalue weighted by Crippen LogP contribution is 2.44. The maximum absolute atomic E-state index is 6.40. The van der Waals surface area contributed by atoms with Crippen molar-refractivity contribution in [1.82, 2.24) is 0 Å². The summed E-state index contributed by atoms with van der Waals surface area (Å²) < 4.78 is 6.40. The van der Waals surface area contributed by atoms with E-state index < -0.39 is 0 Å². The number of furan rings is 1. The van der Waals surface area contributed by atoms with Crippen molar-refractivity contribution in [2.75, 3.05) is 4.90 Å². The second kappa shape index (κ2) is 7.19. The molecule has 0 unspecified atom stereocenters. The van der Waals surface area contributed by atoms with Crippen LogP contribution in [0.15, 0.2) is 114 Å². The molecule has 1 heterocycles. The van der Waals surface area contributed by atoms with Crippen molar-refractivity contribution in [3.8, 4) is 0 Å². The summed E-state index contributed by atoms with van der Waals surface area (Å²) in [7, 11) is 0. The molecule has 0 N–H and O–H groups in total. The molecule has 0 aliphatic heterocycles. The highest BCUT2D eigenvalue weighted by atomic mass is 35.5. The molecule has 0 aliphatic rings. The minimum atomic E-state index is 0.702. The second-order valence-corrected chi connectivity index (χ2v) is 8.00. The summed E-state index contributed by atoms with van der Waals surface area (Å²) in [5.41, 5.74) is 4.90. The quantitative estimate of drug-likeness (QED) is 0.284. The van der Waals surface area contributed by atoms with Crippen molar-refractivity contribution in [1.29, 1.82) is 0 Å². The van der Waals surface area contributed by atoms with Crippen molar-refractivity contribution in [2.24, 2.45) is 0 Å². The van der Waals surface area contributed by atoms with E-state index in [4.69, 9.17) is 16.0 Å². The average molecular weight is 420 g/mol. The molecule has 0 spiro atoms. The molecule has 5 aromatic carbocycles. The van der Waals surface area contributed by atoms with Gasteiger partial charge in [-0.05, 0) is 53.9 Å². The summed E-state index contributed by atoms with van der Waals surface area (Å²) in [6, 6.07) is 37.2. The van der Waals surface area contributed by atoms with E-state index in [1.54, 1.807) is 0 Å². The van der Waals surface area contributed by atoms with Crippen LogP contribution in [-0.4, -0.2) is 0 Å². The average Bonchev–Trinajstić information content (AvgIpc) is 3.20. The maximum Gasteiger partial charge on any atom is 0.143 e. The van der Waals surface area contributed by atoms with E-state index in [0.717, 1.165) is 44.4 Å². The molecule has 3 heteroatoms. The van der Waals surface area contributed by atoms with Crippen molar-refractivity contribution in [3.05, 3.63) is 114 Å². The van der Waals surface area contributed by atoms with Crippen LogP contribution in [0.3, 0.4) is 0 Å². The number of halogens is 1. The first-order valence-corrected chi connectivity index (χ1v) is 10.6. The molecule has 0 bridgehead atoms. The van der Waals surface area contributed by atoms with E-state index in [2.05, 4.69) is 65.6 Å². The van der Waals surface area contributed by atoms with E-state index >= 15 is 0 Å². The standard InChI is InChI=1S/C28H18ClNO/c29-20-9-6-12-22(18-20)30(21-10-2-1-3-11-21)25-14-7-15-26-27(25)24-17-16-19-8-4-5-13-23(19)28(24)31-26/h1-18H. The Morgan fingerprint density at radius 2 is 1.39 bits per heavy atom. The van der Waals surface area contributed by atoms with Gasteiger partial charge in [-0.15, -0.1) is 0 Å². The van der Waals surface area contributed by atoms with Crippen LogP contribution in [0.4, 0.5) is 17.1 Å². The predicted octanol–water partition coefficient (Wildman–Crippen LogP) is 8.86. The molecule has 6 rings (SSSR count). The highest BCUT2D eigenvalue weighted by Gasteiger charge is 2.20. The minimum absolute atomic E-state index is 0.702. The second-order valence-electron chi connectivity index (χ2n) is 7.57. The Morgan fingerprint density at radius 3 is 2.26 bits per heavy atom. The van der Waals surface area contributed by atoms with Gasteiger partial charge in [-0.25, -0.2) is 0 Å². The molecule has 6 aromatic rings. The third-order valence-corrected chi connectivity index (χ3v) is 5.92. The normalized spacial score (nSPS) is 11.4. The lowest BCUT2D eigenvalue weighted by Crippen LogP contribution is -2.10. The van der Waals surface area contributed by atoms with Gasteiger partial charge in [0.15, 0.2) is 0 Å². The molecule has 0 radical (unpaired) electrons. The molecule has 148 valence electrons. The number of rotatable bonds is 3. The first-order chi connectivity index (χ1) is 15.3. The summed E-state index contributed by atoms with van der Waals surface area (Å²) in [6.07, 6.45) is 0. The number of hydrogen-bond donors (Lipinski definition) is 0. The van der Waals surface area contributed by atoms with Crippen LogP contribution in [0.25, 0.3) is 32.7 Å². The largest absolute Gasteiger partial charge is 0.455 e. The Bertz CT molecular complexity index is 1550. The zero-order chi connectivity index (χ0) is 20.8. The van der Waals surface area contributed by atoms with E-state index in [1.807, 2.05) is 48.5 Å². The van der Waals surface area contributed by atoms with Crippen LogP contribution < -0.4 is 4.90 Å². The maximum atomic E-state index is 6.40. The zero-order valence-corrected chi connectivity index (χ0v) is 17.4. The predicted molar refractivity (Wildman–Crippen MR) is 131 cm³/mol. The fraction of sp³-hybridized carbons (Fsp3) is 0. The summed E-state index contributed by atoms with van der Waals surface area (Å²) >= 11 is 6.38. The van der Waals surface area contributed by atoms with Gasteiger partial charge in [0.05, 0.1) is 11.1 Å². The molecule has 0 saturated heterocycles. The lowest BCUT2D eigenvalue weighted by atomic mass is 10.0. The van der Waals surface area contributed by atoms with E-state index in [-0.39, 0.29) is 0 Å². The van der Waals surface area contributed by atoms with Gasteiger partial charge in [0, 0.05) is 27.2 Å². The van der Waals surface area contributed by atoms with Crippen molar-refractivity contribution < 1.29 is 4.42 Å². The van der Waals surface area contributed by atoms with Crippen molar-refractivity contribution in [3.63, 3.8) is 0 Å². The highest BCUT2D eigenvalue weighted by molar-refractivity contribution is 6.31. The van der Waals surface area contributed by atoms with E-state index in [9.17, 15) is 0 Å². The van der Waals surface area contributed by atoms with E-state index in [0.29, 0.717) is 5.02 Å². The lowest BCUT2D eigenvalue weighted by molar-refractivity contribution is 0.672. The number of para-hydroxylation sites is 1. The summed E-state index contributed by atoms with van der Waals surface area (Å²) in [5.74, 6) is 0. The van der Waals surface area contributed by atoms with Gasteiger partial charge in [0.2, 0.25) is 0 Å². The third kappa shape index (κ3) is 2.96. The summed E-state index contributed by atoms with van der Waals surface area (Å²) in [5, 5.41) is 5.19. The Labute approximate surface area is 184 Å². The molecule has 0 aliphatic carbocycles. The fourth-order valence-corrected chi connectivity index (χ4v) is 4.53. The first-order valence-electron chi connectivity index (χ1n) is 10.2. The molecular formula is C28H18ClNO. The SMILES string of the molecule is Clc1cccc(N(c2ccccc2)c2cccc3oc4c5ccccc5ccc4c23)c1.